The van der Waals surface area contributed by atoms with Gasteiger partial charge in [-0.3, -0.25) is 18.9 Å². The number of ketones is 1. The van der Waals surface area contributed by atoms with Crippen LogP contribution in [0.3, 0.4) is 0 Å². The van der Waals surface area contributed by atoms with Crippen LogP contribution >= 0.6 is 18.8 Å². The van der Waals surface area contributed by atoms with Gasteiger partial charge in [-0.05, 0) is 66.5 Å². The van der Waals surface area contributed by atoms with E-state index in [2.05, 4.69) is 15.2 Å². The summed E-state index contributed by atoms with van der Waals surface area (Å²) < 4.78 is 30.8. The molecule has 2 aromatic heterocycles. The molecule has 0 aliphatic carbocycles. The number of nitrogens with one attached hydrogen (secondary N) is 2. The second-order valence-corrected chi connectivity index (χ2v) is 12.9. The highest BCUT2D eigenvalue weighted by Gasteiger charge is 2.45. The van der Waals surface area contributed by atoms with Crippen LogP contribution in [0.2, 0.25) is 0 Å². The Balaban J connectivity index is 2.60. The zero-order chi connectivity index (χ0) is 28.9. The molecule has 0 aromatic carbocycles. The normalized spacial score (nSPS) is 12.6. The summed E-state index contributed by atoms with van der Waals surface area (Å²) in [7, 11) is -4.04. The summed E-state index contributed by atoms with van der Waals surface area (Å²) in [6.45, 7) is 13.5. The molecular weight excluding hydrogens is 531 g/mol. The van der Waals surface area contributed by atoms with Gasteiger partial charge in [-0.2, -0.15) is 0 Å². The number of Topliss-reactive ketones (excluding diaryl/α,β-unsaturated/α-hetero) is 1. The number of nitrogens with two attached hydrogens (primary N) is 1. The van der Waals surface area contributed by atoms with E-state index in [1.807, 2.05) is 13.8 Å². The molecule has 0 spiro atoms. The zero-order valence-corrected chi connectivity index (χ0v) is 25.0. The molecule has 2 heterocycles. The quantitative estimate of drug-likeness (QED) is 0.169. The van der Waals surface area contributed by atoms with E-state index in [-0.39, 0.29) is 47.0 Å². The van der Waals surface area contributed by atoms with Crippen LogP contribution < -0.4 is 21.4 Å². The smallest absolute Gasteiger partial charge is 0.326 e. The Bertz CT molecular complexity index is 1160. The van der Waals surface area contributed by atoms with Gasteiger partial charge in [0.2, 0.25) is 0 Å². The van der Waals surface area contributed by atoms with Crippen LogP contribution in [0, 0.1) is 5.92 Å². The first kappa shape index (κ1) is 31.7. The first-order valence-electron chi connectivity index (χ1n) is 12.6. The first-order chi connectivity index (χ1) is 17.7. The molecule has 0 saturated heterocycles. The molecule has 0 radical (unpaired) electrons. The van der Waals surface area contributed by atoms with E-state index in [1.54, 1.807) is 13.8 Å². The number of anilines is 1. The van der Waals surface area contributed by atoms with Gasteiger partial charge in [0.15, 0.2) is 22.2 Å². The molecule has 0 unspecified atom stereocenters. The molecule has 212 valence electrons. The third-order valence-corrected chi connectivity index (χ3v) is 9.31. The van der Waals surface area contributed by atoms with Gasteiger partial charge in [0.1, 0.15) is 21.6 Å². The van der Waals surface area contributed by atoms with Crippen molar-refractivity contribution >= 4 is 47.1 Å². The largest absolute Gasteiger partial charge is 0.465 e. The van der Waals surface area contributed by atoms with E-state index in [9.17, 15) is 18.9 Å². The fraction of sp³-hybridized carbons (Fsp3) is 0.600. The van der Waals surface area contributed by atoms with Crippen molar-refractivity contribution in [3.05, 3.63) is 17.0 Å². The second-order valence-electron chi connectivity index (χ2n) is 9.77. The Morgan fingerprint density at radius 2 is 1.50 bits per heavy atom. The van der Waals surface area contributed by atoms with Crippen LogP contribution in [-0.2, 0) is 23.6 Å². The van der Waals surface area contributed by atoms with Crippen molar-refractivity contribution in [3.63, 3.8) is 0 Å². The molecule has 4 N–H and O–H groups in total. The lowest BCUT2D eigenvalue weighted by atomic mass is 9.96. The summed E-state index contributed by atoms with van der Waals surface area (Å²) in [6.07, 6.45) is 1.32. The van der Waals surface area contributed by atoms with Crippen LogP contribution in [0.5, 0.6) is 0 Å². The highest BCUT2D eigenvalue weighted by atomic mass is 32.1. The number of esters is 2. The van der Waals surface area contributed by atoms with E-state index < -0.39 is 30.5 Å². The summed E-state index contributed by atoms with van der Waals surface area (Å²) in [4.78, 5) is 43.1. The number of thiazole rings is 1. The fourth-order valence-corrected chi connectivity index (χ4v) is 7.18. The monoisotopic (exact) mass is 570 g/mol. The molecule has 0 bridgehead atoms. The lowest BCUT2D eigenvalue weighted by Crippen LogP contribution is -2.55. The van der Waals surface area contributed by atoms with Crippen molar-refractivity contribution in [1.29, 1.82) is 0 Å². The molecule has 0 saturated carbocycles. The minimum absolute atomic E-state index is 0.0882. The topological polar surface area (TPSA) is 163 Å². The maximum atomic E-state index is 14.5. The van der Waals surface area contributed by atoms with Gasteiger partial charge in [-0.25, -0.2) is 15.2 Å². The maximum Gasteiger partial charge on any atom is 0.326 e. The third-order valence-electron chi connectivity index (χ3n) is 5.80. The van der Waals surface area contributed by atoms with Crippen LogP contribution in [0.25, 0.3) is 11.5 Å². The van der Waals surface area contributed by atoms with Gasteiger partial charge in [0, 0.05) is 5.92 Å². The minimum atomic E-state index is -4.04. The maximum absolute atomic E-state index is 14.5. The lowest BCUT2D eigenvalue weighted by molar-refractivity contribution is -0.149. The van der Waals surface area contributed by atoms with Crippen molar-refractivity contribution in [1.82, 2.24) is 15.2 Å². The van der Waals surface area contributed by atoms with Crippen LogP contribution in [-0.4, -0.2) is 47.0 Å². The van der Waals surface area contributed by atoms with Crippen molar-refractivity contribution in [2.75, 3.05) is 18.9 Å². The van der Waals surface area contributed by atoms with E-state index in [0.29, 0.717) is 17.7 Å². The molecule has 2 rings (SSSR count). The summed E-state index contributed by atoms with van der Waals surface area (Å²) in [5, 5.41) is 5.85. The molecule has 13 heteroatoms. The first-order valence-corrected chi connectivity index (χ1v) is 15.1. The molecule has 2 aromatic rings. The van der Waals surface area contributed by atoms with E-state index >= 15 is 0 Å². The fourth-order valence-electron chi connectivity index (χ4n) is 3.78. The summed E-state index contributed by atoms with van der Waals surface area (Å²) in [6, 6.07) is 2.97. The Labute approximate surface area is 227 Å². The number of ether oxygens (including phenoxy) is 2. The van der Waals surface area contributed by atoms with Gasteiger partial charge in [-0.15, -0.1) is 0 Å². The molecule has 0 amide bonds. The molecule has 0 atom stereocenters. The Hall–Kier alpha value is -2.53. The van der Waals surface area contributed by atoms with Crippen LogP contribution in [0.4, 0.5) is 5.13 Å². The summed E-state index contributed by atoms with van der Waals surface area (Å²) in [5.41, 5.74) is 3.24. The second kappa shape index (κ2) is 12.5. The van der Waals surface area contributed by atoms with Crippen molar-refractivity contribution in [2.45, 2.75) is 79.3 Å². The Kier molecular flexibility index (Phi) is 10.5. The van der Waals surface area contributed by atoms with Crippen LogP contribution in [0.15, 0.2) is 16.5 Å². The standard InChI is InChI=1S/C25H39N4O7PS/c1-9-15(10-2)19(30)20-18(27-23(26)38-20)16-13-14-17(36-16)37(33,28-24(5,6)21(31)34-11-3)29-25(7,8)22(32)35-12-4/h13-15H,9-12H2,1-8H3,(H2,26,27)(H2,28,29,33). The Morgan fingerprint density at radius 3 is 1.95 bits per heavy atom. The predicted octanol–water partition coefficient (Wildman–Crippen LogP) is 4.29. The number of nitrogen functional groups attached to an aromatic ring is 1. The summed E-state index contributed by atoms with van der Waals surface area (Å²) >= 11 is 1.07. The molecule has 0 fully saturated rings. The van der Waals surface area contributed by atoms with Crippen molar-refractivity contribution in [3.8, 4) is 11.5 Å². The molecular formula is C25H39N4O7PS. The van der Waals surface area contributed by atoms with E-state index in [4.69, 9.17) is 19.6 Å². The molecule has 0 aliphatic heterocycles. The van der Waals surface area contributed by atoms with Gasteiger partial charge in [-0.1, -0.05) is 25.2 Å². The van der Waals surface area contributed by atoms with Crippen molar-refractivity contribution in [2.24, 2.45) is 5.92 Å². The average Bonchev–Trinajstić information content (AvgIpc) is 3.46. The van der Waals surface area contributed by atoms with Gasteiger partial charge in [0.25, 0.3) is 7.44 Å². The van der Waals surface area contributed by atoms with Gasteiger partial charge in [0.05, 0.1) is 13.2 Å². The van der Waals surface area contributed by atoms with E-state index in [0.717, 1.165) is 11.3 Å². The number of hydrogen-bond acceptors (Lipinski definition) is 10. The zero-order valence-electron chi connectivity index (χ0n) is 23.3. The number of furan rings is 1. The molecule has 38 heavy (non-hydrogen) atoms. The van der Waals surface area contributed by atoms with Crippen molar-refractivity contribution < 1.29 is 32.8 Å². The highest BCUT2D eigenvalue weighted by Crippen LogP contribution is 2.43. The number of carbonyl (C=O) groups excluding carboxylic acids is 3. The number of aromatic nitrogens is 1. The predicted molar refractivity (Wildman–Crippen MR) is 148 cm³/mol. The summed E-state index contributed by atoms with van der Waals surface area (Å²) in [5.74, 6) is -1.41. The average molecular weight is 571 g/mol. The van der Waals surface area contributed by atoms with Gasteiger partial charge >= 0.3 is 11.9 Å². The Morgan fingerprint density at radius 1 is 1.00 bits per heavy atom. The SMILES string of the molecule is CCOC(=O)C(C)(C)NP(=O)(NC(C)(C)C(=O)OCC)c1ccc(-c2nc(N)sc2C(=O)C(CC)CC)o1. The minimum Gasteiger partial charge on any atom is -0.465 e. The number of rotatable bonds is 14. The number of nitrogens with zero attached hydrogens (tertiary/aromatic N) is 1. The lowest BCUT2D eigenvalue weighted by Gasteiger charge is -2.34. The molecule has 11 nitrogen and oxygen atoms in total. The van der Waals surface area contributed by atoms with E-state index in [1.165, 1.54) is 39.8 Å². The third kappa shape index (κ3) is 7.11. The highest BCUT2D eigenvalue weighted by molar-refractivity contribution is 7.67. The molecule has 0 aliphatic rings. The number of hydrogen-bond donors (Lipinski definition) is 3. The number of carbonyl (C=O) groups is 3. The van der Waals surface area contributed by atoms with Crippen LogP contribution in [0.1, 0.15) is 77.9 Å². The van der Waals surface area contributed by atoms with Gasteiger partial charge < -0.3 is 19.6 Å².